The second-order valence-electron chi connectivity index (χ2n) is 4.24. The fraction of sp³-hybridized carbons (Fsp3) is 0.364. The molecule has 4 nitrogen and oxygen atoms in total. The minimum atomic E-state index is -3.40. The Bertz CT molecular complexity index is 563. The summed E-state index contributed by atoms with van der Waals surface area (Å²) in [5.41, 5.74) is 7.02. The Hall–Kier alpha value is -0.980. The highest BCUT2D eigenvalue weighted by molar-refractivity contribution is 7.89. The number of aryl methyl sites for hydroxylation is 1. The summed E-state index contributed by atoms with van der Waals surface area (Å²) < 4.78 is 26.5. The lowest BCUT2D eigenvalue weighted by Crippen LogP contribution is -2.26. The fourth-order valence-electron chi connectivity index (χ4n) is 1.57. The number of hydrogen-bond donors (Lipinski definition) is 2. The highest BCUT2D eigenvalue weighted by Gasteiger charge is 2.28. The van der Waals surface area contributed by atoms with E-state index in [1.54, 1.807) is 19.1 Å². The molecule has 0 aromatic heterocycles. The Kier molecular flexibility index (Phi) is 3.20. The van der Waals surface area contributed by atoms with Crippen molar-refractivity contribution >= 4 is 27.2 Å². The van der Waals surface area contributed by atoms with Gasteiger partial charge in [-0.1, -0.05) is 18.3 Å². The van der Waals surface area contributed by atoms with Crippen molar-refractivity contribution in [3.05, 3.63) is 29.3 Å². The maximum atomic E-state index is 11.9. The Morgan fingerprint density at radius 1 is 1.47 bits per heavy atom. The fourth-order valence-corrected chi connectivity index (χ4v) is 3.19. The Labute approximate surface area is 106 Å². The molecule has 17 heavy (non-hydrogen) atoms. The first kappa shape index (κ1) is 12.5. The molecule has 0 saturated heterocycles. The van der Waals surface area contributed by atoms with Crippen LogP contribution in [0.15, 0.2) is 23.1 Å². The van der Waals surface area contributed by atoms with Gasteiger partial charge in [-0.15, -0.1) is 0 Å². The van der Waals surface area contributed by atoms with Crippen molar-refractivity contribution in [3.63, 3.8) is 0 Å². The zero-order chi connectivity index (χ0) is 12.6. The Balaban J connectivity index is 2.33. The van der Waals surface area contributed by atoms with Gasteiger partial charge in [-0.2, -0.15) is 0 Å². The number of sulfonamides is 1. The maximum absolute atomic E-state index is 11.9. The van der Waals surface area contributed by atoms with E-state index in [0.29, 0.717) is 5.56 Å². The number of nitrogens with one attached hydrogen (secondary N) is 1. The molecule has 0 unspecified atom stereocenters. The van der Waals surface area contributed by atoms with Crippen molar-refractivity contribution in [1.82, 2.24) is 4.72 Å². The standard InChI is InChI=1S/C11H14N2O2S2/c1-7-6-9(4-5-10(7)11(12)16)17(14,15)13-8-2-3-8/h4-6,8,13H,2-3H2,1H3,(H2,12,16). The highest BCUT2D eigenvalue weighted by atomic mass is 32.2. The van der Waals surface area contributed by atoms with Crippen LogP contribution in [0.5, 0.6) is 0 Å². The molecule has 1 fully saturated rings. The molecule has 0 atom stereocenters. The second kappa shape index (κ2) is 4.36. The smallest absolute Gasteiger partial charge is 0.240 e. The summed E-state index contributed by atoms with van der Waals surface area (Å²) in [5, 5.41) is 0. The SMILES string of the molecule is Cc1cc(S(=O)(=O)NC2CC2)ccc1C(N)=S. The van der Waals surface area contributed by atoms with Crippen LogP contribution in [0.4, 0.5) is 0 Å². The number of hydrogen-bond acceptors (Lipinski definition) is 3. The summed E-state index contributed by atoms with van der Waals surface area (Å²) in [4.78, 5) is 0.545. The average Bonchev–Trinajstić information content (AvgIpc) is 3.00. The molecule has 0 spiro atoms. The van der Waals surface area contributed by atoms with Crippen LogP contribution in [-0.4, -0.2) is 19.4 Å². The average molecular weight is 270 g/mol. The minimum Gasteiger partial charge on any atom is -0.389 e. The van der Waals surface area contributed by atoms with Crippen LogP contribution in [0.1, 0.15) is 24.0 Å². The predicted octanol–water partition coefficient (Wildman–Crippen LogP) is 1.07. The van der Waals surface area contributed by atoms with Gasteiger partial charge < -0.3 is 5.73 Å². The van der Waals surface area contributed by atoms with Crippen LogP contribution >= 0.6 is 12.2 Å². The van der Waals surface area contributed by atoms with Crippen molar-refractivity contribution < 1.29 is 8.42 Å². The summed E-state index contributed by atoms with van der Waals surface area (Å²) in [6.07, 6.45) is 1.84. The van der Waals surface area contributed by atoms with Gasteiger partial charge in [0, 0.05) is 11.6 Å². The molecule has 0 radical (unpaired) electrons. The molecule has 1 aromatic carbocycles. The van der Waals surface area contributed by atoms with Crippen molar-refractivity contribution in [1.29, 1.82) is 0 Å². The molecule has 6 heteroatoms. The van der Waals surface area contributed by atoms with E-state index in [1.165, 1.54) is 6.07 Å². The first-order chi connectivity index (χ1) is 7.90. The molecule has 1 aromatic rings. The number of benzene rings is 1. The summed E-state index contributed by atoms with van der Waals surface area (Å²) in [5.74, 6) is 0. The van der Waals surface area contributed by atoms with E-state index in [0.717, 1.165) is 18.4 Å². The van der Waals surface area contributed by atoms with E-state index >= 15 is 0 Å². The van der Waals surface area contributed by atoms with Crippen molar-refractivity contribution in [2.45, 2.75) is 30.7 Å². The van der Waals surface area contributed by atoms with Crippen LogP contribution in [0.2, 0.25) is 0 Å². The molecule has 0 amide bonds. The number of nitrogens with two attached hydrogens (primary N) is 1. The van der Waals surface area contributed by atoms with Crippen molar-refractivity contribution in [2.24, 2.45) is 5.73 Å². The molecule has 1 saturated carbocycles. The maximum Gasteiger partial charge on any atom is 0.240 e. The third-order valence-electron chi connectivity index (χ3n) is 2.67. The highest BCUT2D eigenvalue weighted by Crippen LogP contribution is 2.23. The molecule has 0 aliphatic heterocycles. The quantitative estimate of drug-likeness (QED) is 0.803. The zero-order valence-electron chi connectivity index (χ0n) is 9.43. The molecular weight excluding hydrogens is 256 g/mol. The lowest BCUT2D eigenvalue weighted by atomic mass is 10.1. The van der Waals surface area contributed by atoms with Gasteiger partial charge in [0.05, 0.1) is 4.90 Å². The third-order valence-corrected chi connectivity index (χ3v) is 4.41. The normalized spacial score (nSPS) is 15.8. The minimum absolute atomic E-state index is 0.107. The summed E-state index contributed by atoms with van der Waals surface area (Å²) in [6.45, 7) is 1.80. The first-order valence-corrected chi connectivity index (χ1v) is 7.22. The third kappa shape index (κ3) is 2.83. The van der Waals surface area contributed by atoms with Gasteiger partial charge >= 0.3 is 0 Å². The number of rotatable bonds is 4. The van der Waals surface area contributed by atoms with Crippen LogP contribution in [-0.2, 0) is 10.0 Å². The summed E-state index contributed by atoms with van der Waals surface area (Å²) in [7, 11) is -3.40. The molecule has 0 heterocycles. The molecular formula is C11H14N2O2S2. The number of thiocarbonyl (C=S) groups is 1. The van der Waals surface area contributed by atoms with E-state index in [-0.39, 0.29) is 15.9 Å². The molecule has 0 bridgehead atoms. The zero-order valence-corrected chi connectivity index (χ0v) is 11.1. The van der Waals surface area contributed by atoms with Crippen molar-refractivity contribution in [2.75, 3.05) is 0 Å². The lowest BCUT2D eigenvalue weighted by molar-refractivity contribution is 0.581. The summed E-state index contributed by atoms with van der Waals surface area (Å²) >= 11 is 4.88. The summed E-state index contributed by atoms with van der Waals surface area (Å²) in [6, 6.07) is 4.89. The van der Waals surface area contributed by atoms with Crippen molar-refractivity contribution in [3.8, 4) is 0 Å². The Morgan fingerprint density at radius 2 is 2.12 bits per heavy atom. The van der Waals surface area contributed by atoms with E-state index < -0.39 is 10.0 Å². The lowest BCUT2D eigenvalue weighted by Gasteiger charge is -2.09. The van der Waals surface area contributed by atoms with Gasteiger partial charge in [-0.05, 0) is 37.5 Å². The second-order valence-corrected chi connectivity index (χ2v) is 6.39. The van der Waals surface area contributed by atoms with Crippen LogP contribution in [0, 0.1) is 6.92 Å². The van der Waals surface area contributed by atoms with Crippen LogP contribution < -0.4 is 10.5 Å². The predicted molar refractivity (Wildman–Crippen MR) is 70.4 cm³/mol. The van der Waals surface area contributed by atoms with E-state index in [9.17, 15) is 8.42 Å². The van der Waals surface area contributed by atoms with E-state index in [1.807, 2.05) is 0 Å². The Morgan fingerprint density at radius 3 is 2.59 bits per heavy atom. The van der Waals surface area contributed by atoms with Gasteiger partial charge in [-0.25, -0.2) is 13.1 Å². The molecule has 1 aliphatic carbocycles. The van der Waals surface area contributed by atoms with E-state index in [4.69, 9.17) is 18.0 Å². The molecule has 3 N–H and O–H groups in total. The first-order valence-electron chi connectivity index (χ1n) is 5.33. The molecule has 2 rings (SSSR count). The van der Waals surface area contributed by atoms with Crippen LogP contribution in [0.3, 0.4) is 0 Å². The van der Waals surface area contributed by atoms with Crippen LogP contribution in [0.25, 0.3) is 0 Å². The topological polar surface area (TPSA) is 72.2 Å². The van der Waals surface area contributed by atoms with Gasteiger partial charge in [0.25, 0.3) is 0 Å². The monoisotopic (exact) mass is 270 g/mol. The largest absolute Gasteiger partial charge is 0.389 e. The van der Waals surface area contributed by atoms with Gasteiger partial charge in [0.2, 0.25) is 10.0 Å². The van der Waals surface area contributed by atoms with Gasteiger partial charge in [0.15, 0.2) is 0 Å². The van der Waals surface area contributed by atoms with Gasteiger partial charge in [0.1, 0.15) is 4.99 Å². The molecule has 1 aliphatic rings. The van der Waals surface area contributed by atoms with Gasteiger partial charge in [-0.3, -0.25) is 0 Å². The van der Waals surface area contributed by atoms with E-state index in [2.05, 4.69) is 4.72 Å². The molecule has 92 valence electrons.